The van der Waals surface area contributed by atoms with Gasteiger partial charge >= 0.3 is 19.8 Å². The number of carbonyl (C=O) groups excluding carboxylic acids is 2. The Morgan fingerprint density at radius 2 is 1.91 bits per heavy atom. The van der Waals surface area contributed by atoms with E-state index in [-0.39, 0.29) is 30.3 Å². The summed E-state index contributed by atoms with van der Waals surface area (Å²) in [5, 5.41) is 31.7. The maximum absolute atomic E-state index is 12.2. The number of unbranched alkanes of at least 4 members (excludes halogenated alkanes) is 4. The van der Waals surface area contributed by atoms with Crippen LogP contribution in [0.5, 0.6) is 0 Å². The highest BCUT2D eigenvalue weighted by Gasteiger charge is 2.40. The fourth-order valence-electron chi connectivity index (χ4n) is 5.71. The fraction of sp³-hybridized carbons (Fsp3) is 0.697. The molecule has 0 aromatic heterocycles. The molecule has 0 saturated heterocycles. The van der Waals surface area contributed by atoms with Crippen LogP contribution in [0.3, 0.4) is 0 Å². The number of rotatable bonds is 20. The lowest BCUT2D eigenvalue weighted by molar-refractivity contribution is -0.151. The molecule has 1 heterocycles. The van der Waals surface area contributed by atoms with Gasteiger partial charge in [0.25, 0.3) is 0 Å². The predicted octanol–water partition coefficient (Wildman–Crippen LogP) is 4.97. The summed E-state index contributed by atoms with van der Waals surface area (Å²) in [6, 6.07) is 0. The molecule has 2 rings (SSSR count). The zero-order valence-corrected chi connectivity index (χ0v) is 27.5. The Balaban J connectivity index is 2.00. The number of aliphatic hydroxyl groups excluding tert-OH is 2. The van der Waals surface area contributed by atoms with E-state index in [1.54, 1.807) is 18.2 Å². The summed E-state index contributed by atoms with van der Waals surface area (Å²) in [5.74, 6) is -0.682. The van der Waals surface area contributed by atoms with E-state index in [0.717, 1.165) is 51.4 Å². The first kappa shape index (κ1) is 39.1. The van der Waals surface area contributed by atoms with Gasteiger partial charge in [0.2, 0.25) is 0 Å². The van der Waals surface area contributed by atoms with Crippen molar-refractivity contribution in [1.29, 1.82) is 0 Å². The molecule has 256 valence electrons. The Labute approximate surface area is 267 Å². The highest BCUT2D eigenvalue weighted by molar-refractivity contribution is 7.46. The zero-order chi connectivity index (χ0) is 33.3. The van der Waals surface area contributed by atoms with E-state index in [1.165, 1.54) is 30.7 Å². The van der Waals surface area contributed by atoms with Crippen LogP contribution in [0.1, 0.15) is 97.3 Å². The largest absolute Gasteiger partial charge is 0.469 e. The molecule has 0 aromatic rings. The standard InChI is InChI=1S/C33H53O11P/c1-3-5-6-7-8-16-31(36)42-28-15-11-13-25(23-28)12-9-10-14-27(35)24-30(44-45(39,40)41)33(38,21-22-34)20-19-29-26(4-2)17-18-32(37)43-29/h9-10,12,14,17-20,25-30,34-35,38H,3-8,11,13,15-16,21-24H2,1-2H3,(H2,39,40,41)/b12-9-,14-10-,20-19+/t25-,26+,27+,28+,29-,30+,33+/m1/s1. The number of hydrogen-bond acceptors (Lipinski definition) is 9. The summed E-state index contributed by atoms with van der Waals surface area (Å²) < 4.78 is 27.7. The minimum absolute atomic E-state index is 0.116. The Bertz CT molecular complexity index is 1060. The van der Waals surface area contributed by atoms with Gasteiger partial charge in [-0.2, -0.15) is 0 Å². The molecule has 12 heteroatoms. The summed E-state index contributed by atoms with van der Waals surface area (Å²) in [4.78, 5) is 43.1. The average Bonchev–Trinajstić information content (AvgIpc) is 2.97. The van der Waals surface area contributed by atoms with E-state index in [1.807, 2.05) is 13.0 Å². The van der Waals surface area contributed by atoms with Crippen LogP contribution in [0, 0.1) is 11.8 Å². The van der Waals surface area contributed by atoms with Crippen molar-refractivity contribution < 1.29 is 53.3 Å². The third-order valence-electron chi connectivity index (χ3n) is 8.27. The maximum Gasteiger partial charge on any atom is 0.469 e. The maximum atomic E-state index is 12.2. The average molecular weight is 657 g/mol. The number of allylic oxidation sites excluding steroid dienone is 3. The van der Waals surface area contributed by atoms with E-state index < -0.39 is 50.7 Å². The molecule has 1 saturated carbocycles. The fourth-order valence-corrected chi connectivity index (χ4v) is 6.31. The number of phosphoric ester groups is 1. The van der Waals surface area contributed by atoms with Crippen molar-refractivity contribution >= 4 is 19.8 Å². The van der Waals surface area contributed by atoms with Crippen LogP contribution < -0.4 is 0 Å². The second-order valence-electron chi connectivity index (χ2n) is 12.0. The van der Waals surface area contributed by atoms with Gasteiger partial charge in [-0.1, -0.05) is 76.0 Å². The molecular formula is C33H53O11P. The van der Waals surface area contributed by atoms with Crippen LogP contribution in [0.15, 0.2) is 48.6 Å². The number of ether oxygens (including phenoxy) is 2. The van der Waals surface area contributed by atoms with Crippen LogP contribution >= 0.6 is 7.82 Å². The highest BCUT2D eigenvalue weighted by Crippen LogP contribution is 2.42. The minimum atomic E-state index is -5.12. The van der Waals surface area contributed by atoms with Gasteiger partial charge in [-0.25, -0.2) is 9.36 Å². The van der Waals surface area contributed by atoms with E-state index in [9.17, 15) is 39.3 Å². The van der Waals surface area contributed by atoms with Gasteiger partial charge in [0.05, 0.1) is 6.10 Å². The lowest BCUT2D eigenvalue weighted by Crippen LogP contribution is -2.45. The molecule has 11 nitrogen and oxygen atoms in total. The summed E-state index contributed by atoms with van der Waals surface area (Å²) in [7, 11) is -5.12. The monoisotopic (exact) mass is 656 g/mol. The van der Waals surface area contributed by atoms with E-state index in [0.29, 0.717) is 12.8 Å². The quantitative estimate of drug-likeness (QED) is 0.0393. The molecular weight excluding hydrogens is 603 g/mol. The number of hydrogen-bond donors (Lipinski definition) is 5. The van der Waals surface area contributed by atoms with E-state index in [4.69, 9.17) is 14.0 Å². The summed E-state index contributed by atoms with van der Waals surface area (Å²) >= 11 is 0. The third-order valence-corrected chi connectivity index (χ3v) is 8.80. The van der Waals surface area contributed by atoms with Crippen LogP contribution in [0.2, 0.25) is 0 Å². The molecule has 0 bridgehead atoms. The van der Waals surface area contributed by atoms with Crippen molar-refractivity contribution in [2.24, 2.45) is 11.8 Å². The van der Waals surface area contributed by atoms with Crippen LogP contribution in [0.25, 0.3) is 0 Å². The molecule has 1 aliphatic carbocycles. The van der Waals surface area contributed by atoms with E-state index in [2.05, 4.69) is 6.92 Å². The molecule has 1 fully saturated rings. The molecule has 0 amide bonds. The number of phosphoric acid groups is 1. The van der Waals surface area contributed by atoms with Crippen LogP contribution in [-0.2, 0) is 28.2 Å². The SMILES string of the molecule is CCCCCCCC(=O)O[C@H]1CCC[C@@H](/C=C\C=C/[C@H](O)C[C@H](OP(=O)(O)O)[C@](O)(/C=C/[C@H]2OC(=O)C=C[C@@H]2CC)CCO)C1. The van der Waals surface area contributed by atoms with Gasteiger partial charge in [-0.15, -0.1) is 0 Å². The van der Waals surface area contributed by atoms with Gasteiger partial charge in [0.1, 0.15) is 23.9 Å². The van der Waals surface area contributed by atoms with Crippen LogP contribution in [0.4, 0.5) is 0 Å². The molecule has 0 radical (unpaired) electrons. The molecule has 0 aromatic carbocycles. The van der Waals surface area contributed by atoms with Crippen molar-refractivity contribution in [3.8, 4) is 0 Å². The van der Waals surface area contributed by atoms with Gasteiger partial charge in [-0.05, 0) is 50.5 Å². The molecule has 2 aliphatic rings. The Morgan fingerprint density at radius 3 is 2.60 bits per heavy atom. The van der Waals surface area contributed by atoms with Crippen molar-refractivity contribution in [3.05, 3.63) is 48.6 Å². The Hall–Kier alpha value is -2.11. The lowest BCUT2D eigenvalue weighted by atomic mass is 9.86. The highest BCUT2D eigenvalue weighted by atomic mass is 31.2. The Morgan fingerprint density at radius 1 is 1.16 bits per heavy atom. The molecule has 7 atom stereocenters. The molecule has 45 heavy (non-hydrogen) atoms. The summed E-state index contributed by atoms with van der Waals surface area (Å²) in [6.07, 6.45) is 17.8. The van der Waals surface area contributed by atoms with Crippen molar-refractivity contribution in [2.45, 2.75) is 127 Å². The van der Waals surface area contributed by atoms with Crippen molar-refractivity contribution in [3.63, 3.8) is 0 Å². The first-order chi connectivity index (χ1) is 21.4. The number of aliphatic hydroxyl groups is 3. The second-order valence-corrected chi connectivity index (χ2v) is 13.2. The molecule has 0 spiro atoms. The minimum Gasteiger partial charge on any atom is -0.462 e. The molecule has 5 N–H and O–H groups in total. The van der Waals surface area contributed by atoms with Gasteiger partial charge in [0.15, 0.2) is 0 Å². The third kappa shape index (κ3) is 15.4. The van der Waals surface area contributed by atoms with Gasteiger partial charge in [0, 0.05) is 37.9 Å². The second kappa shape index (κ2) is 20.2. The predicted molar refractivity (Wildman–Crippen MR) is 170 cm³/mol. The summed E-state index contributed by atoms with van der Waals surface area (Å²) in [6.45, 7) is 3.50. The van der Waals surface area contributed by atoms with Crippen molar-refractivity contribution in [2.75, 3.05) is 6.61 Å². The molecule has 1 aliphatic heterocycles. The number of cyclic esters (lactones) is 1. The van der Waals surface area contributed by atoms with Crippen LogP contribution in [-0.4, -0.2) is 73.7 Å². The lowest BCUT2D eigenvalue weighted by Gasteiger charge is -2.35. The number of carbonyl (C=O) groups is 2. The number of esters is 2. The smallest absolute Gasteiger partial charge is 0.462 e. The first-order valence-electron chi connectivity index (χ1n) is 16.3. The zero-order valence-electron chi connectivity index (χ0n) is 26.6. The molecule has 0 unspecified atom stereocenters. The topological polar surface area (TPSA) is 180 Å². The van der Waals surface area contributed by atoms with Gasteiger partial charge < -0.3 is 34.6 Å². The normalized spacial score (nSPS) is 25.4. The first-order valence-corrected chi connectivity index (χ1v) is 17.8. The van der Waals surface area contributed by atoms with E-state index >= 15 is 0 Å². The van der Waals surface area contributed by atoms with Crippen molar-refractivity contribution in [1.82, 2.24) is 0 Å². The van der Waals surface area contributed by atoms with Gasteiger partial charge in [-0.3, -0.25) is 9.32 Å². The Kier molecular flexibility index (Phi) is 17.5. The summed E-state index contributed by atoms with van der Waals surface area (Å²) in [5.41, 5.74) is -2.10.